The first-order valence-electron chi connectivity index (χ1n) is 4.65. The summed E-state index contributed by atoms with van der Waals surface area (Å²) >= 11 is 1.95. The van der Waals surface area contributed by atoms with E-state index in [0.717, 1.165) is 0 Å². The standard InChI is InChI=1S/C10H15NS/c1-2-3-7-4-5-10(12-7)8-6-9(8)11/h4-5,8-9H,2-3,6,11H2,1H3/t8-,9-/m1/s1. The maximum atomic E-state index is 5.79. The number of aryl methyl sites for hydroxylation is 1. The first-order chi connectivity index (χ1) is 5.81. The number of nitrogens with two attached hydrogens (primary N) is 1. The second kappa shape index (κ2) is 3.19. The van der Waals surface area contributed by atoms with E-state index in [0.29, 0.717) is 12.0 Å². The zero-order valence-corrected chi connectivity index (χ0v) is 8.23. The second-order valence-corrected chi connectivity index (χ2v) is 4.76. The smallest absolute Gasteiger partial charge is 0.0123 e. The molecule has 1 aliphatic carbocycles. The lowest BCUT2D eigenvalue weighted by atomic mass is 10.3. The third kappa shape index (κ3) is 1.54. The molecule has 1 aromatic heterocycles. The van der Waals surface area contributed by atoms with Gasteiger partial charge >= 0.3 is 0 Å². The molecule has 0 aromatic carbocycles. The number of thiophene rings is 1. The highest BCUT2D eigenvalue weighted by Crippen LogP contribution is 2.42. The Morgan fingerprint density at radius 1 is 1.58 bits per heavy atom. The Morgan fingerprint density at radius 3 is 2.92 bits per heavy atom. The molecule has 0 spiro atoms. The molecule has 12 heavy (non-hydrogen) atoms. The molecule has 1 aliphatic rings. The van der Waals surface area contributed by atoms with Gasteiger partial charge in [-0.15, -0.1) is 11.3 Å². The van der Waals surface area contributed by atoms with Gasteiger partial charge in [0.25, 0.3) is 0 Å². The minimum atomic E-state index is 0.457. The zero-order chi connectivity index (χ0) is 8.55. The first kappa shape index (κ1) is 8.27. The van der Waals surface area contributed by atoms with Crippen LogP contribution in [0.2, 0.25) is 0 Å². The summed E-state index contributed by atoms with van der Waals surface area (Å²) in [5.74, 6) is 0.695. The van der Waals surface area contributed by atoms with Crippen molar-refractivity contribution in [1.82, 2.24) is 0 Å². The maximum absolute atomic E-state index is 5.79. The van der Waals surface area contributed by atoms with E-state index in [1.165, 1.54) is 29.0 Å². The Bertz CT molecular complexity index is 267. The van der Waals surface area contributed by atoms with Crippen LogP contribution in [0.15, 0.2) is 12.1 Å². The summed E-state index contributed by atoms with van der Waals surface area (Å²) < 4.78 is 0. The lowest BCUT2D eigenvalue weighted by molar-refractivity contribution is 0.940. The quantitative estimate of drug-likeness (QED) is 0.762. The molecule has 1 nitrogen and oxygen atoms in total. The SMILES string of the molecule is CCCc1ccc([C@@H]2C[C@H]2N)s1. The van der Waals surface area contributed by atoms with Gasteiger partial charge in [-0.1, -0.05) is 13.3 Å². The Labute approximate surface area is 77.6 Å². The molecule has 1 fully saturated rings. The minimum absolute atomic E-state index is 0.457. The number of rotatable bonds is 3. The molecule has 0 aliphatic heterocycles. The molecule has 2 rings (SSSR count). The molecule has 0 radical (unpaired) electrons. The van der Waals surface area contributed by atoms with Crippen LogP contribution in [0, 0.1) is 0 Å². The van der Waals surface area contributed by atoms with Crippen LogP contribution in [0.1, 0.15) is 35.4 Å². The van der Waals surface area contributed by atoms with Crippen LogP contribution in [0.5, 0.6) is 0 Å². The van der Waals surface area contributed by atoms with Gasteiger partial charge in [0, 0.05) is 21.7 Å². The van der Waals surface area contributed by atoms with Gasteiger partial charge in [0.15, 0.2) is 0 Å². The van der Waals surface area contributed by atoms with Crippen molar-refractivity contribution >= 4 is 11.3 Å². The number of hydrogen-bond acceptors (Lipinski definition) is 2. The van der Waals surface area contributed by atoms with Crippen molar-refractivity contribution in [2.24, 2.45) is 5.73 Å². The fourth-order valence-electron chi connectivity index (χ4n) is 1.52. The minimum Gasteiger partial charge on any atom is -0.327 e. The summed E-state index contributed by atoms with van der Waals surface area (Å²) in [6.45, 7) is 2.22. The molecule has 0 bridgehead atoms. The third-order valence-corrected chi connectivity index (χ3v) is 3.66. The molecule has 1 aromatic rings. The molecular formula is C10H15NS. The van der Waals surface area contributed by atoms with Crippen molar-refractivity contribution < 1.29 is 0 Å². The Balaban J connectivity index is 2.04. The molecule has 0 amide bonds. The van der Waals surface area contributed by atoms with E-state index in [-0.39, 0.29) is 0 Å². The van der Waals surface area contributed by atoms with Crippen molar-refractivity contribution in [2.75, 3.05) is 0 Å². The first-order valence-corrected chi connectivity index (χ1v) is 5.47. The summed E-state index contributed by atoms with van der Waals surface area (Å²) in [5.41, 5.74) is 5.79. The zero-order valence-electron chi connectivity index (χ0n) is 7.42. The van der Waals surface area contributed by atoms with Gasteiger partial charge in [-0.25, -0.2) is 0 Å². The fourth-order valence-corrected chi connectivity index (χ4v) is 2.82. The molecule has 0 saturated heterocycles. The topological polar surface area (TPSA) is 26.0 Å². The van der Waals surface area contributed by atoms with Gasteiger partial charge in [0.1, 0.15) is 0 Å². The van der Waals surface area contributed by atoms with Gasteiger partial charge in [-0.3, -0.25) is 0 Å². The van der Waals surface area contributed by atoms with Gasteiger partial charge in [-0.2, -0.15) is 0 Å². The van der Waals surface area contributed by atoms with Gasteiger partial charge in [0.2, 0.25) is 0 Å². The summed E-state index contributed by atoms with van der Waals surface area (Å²) in [7, 11) is 0. The van der Waals surface area contributed by atoms with E-state index in [1.54, 1.807) is 0 Å². The van der Waals surface area contributed by atoms with Crippen LogP contribution in [0.25, 0.3) is 0 Å². The lowest BCUT2D eigenvalue weighted by Gasteiger charge is -1.90. The monoisotopic (exact) mass is 181 g/mol. The van der Waals surface area contributed by atoms with Crippen LogP contribution < -0.4 is 5.73 Å². The molecule has 0 unspecified atom stereocenters. The maximum Gasteiger partial charge on any atom is 0.0123 e. The third-order valence-electron chi connectivity index (χ3n) is 2.38. The molecule has 2 atom stereocenters. The van der Waals surface area contributed by atoms with Crippen molar-refractivity contribution in [2.45, 2.75) is 38.1 Å². The van der Waals surface area contributed by atoms with Crippen LogP contribution in [-0.2, 0) is 6.42 Å². The molecule has 1 heterocycles. The molecule has 66 valence electrons. The Kier molecular flexibility index (Phi) is 2.20. The van der Waals surface area contributed by atoms with Crippen molar-refractivity contribution in [3.63, 3.8) is 0 Å². The van der Waals surface area contributed by atoms with E-state index >= 15 is 0 Å². The summed E-state index contributed by atoms with van der Waals surface area (Å²) in [4.78, 5) is 3.03. The average Bonchev–Trinajstić information content (AvgIpc) is 2.62. The van der Waals surface area contributed by atoms with E-state index in [1.807, 2.05) is 11.3 Å². The van der Waals surface area contributed by atoms with Crippen molar-refractivity contribution in [1.29, 1.82) is 0 Å². The highest BCUT2D eigenvalue weighted by molar-refractivity contribution is 7.12. The summed E-state index contributed by atoms with van der Waals surface area (Å²) in [6, 6.07) is 4.97. The van der Waals surface area contributed by atoms with Crippen LogP contribution >= 0.6 is 11.3 Å². The van der Waals surface area contributed by atoms with Crippen molar-refractivity contribution in [3.8, 4) is 0 Å². The van der Waals surface area contributed by atoms with Crippen LogP contribution in [-0.4, -0.2) is 6.04 Å². The highest BCUT2D eigenvalue weighted by Gasteiger charge is 2.35. The van der Waals surface area contributed by atoms with E-state index in [4.69, 9.17) is 5.73 Å². The molecule has 2 N–H and O–H groups in total. The normalized spacial score (nSPS) is 27.5. The number of hydrogen-bond donors (Lipinski definition) is 1. The fraction of sp³-hybridized carbons (Fsp3) is 0.600. The molecule has 1 saturated carbocycles. The molecule has 2 heteroatoms. The summed E-state index contributed by atoms with van der Waals surface area (Å²) in [6.07, 6.45) is 3.68. The van der Waals surface area contributed by atoms with Gasteiger partial charge in [0.05, 0.1) is 0 Å². The van der Waals surface area contributed by atoms with Crippen LogP contribution in [0.4, 0.5) is 0 Å². The van der Waals surface area contributed by atoms with Crippen molar-refractivity contribution in [3.05, 3.63) is 21.9 Å². The highest BCUT2D eigenvalue weighted by atomic mass is 32.1. The van der Waals surface area contributed by atoms with E-state index in [9.17, 15) is 0 Å². The Morgan fingerprint density at radius 2 is 2.33 bits per heavy atom. The molecular weight excluding hydrogens is 166 g/mol. The van der Waals surface area contributed by atoms with Gasteiger partial charge < -0.3 is 5.73 Å². The van der Waals surface area contributed by atoms with E-state index < -0.39 is 0 Å². The predicted octanol–water partition coefficient (Wildman–Crippen LogP) is 2.52. The largest absolute Gasteiger partial charge is 0.327 e. The predicted molar refractivity (Wildman–Crippen MR) is 53.6 cm³/mol. The Hall–Kier alpha value is -0.340. The van der Waals surface area contributed by atoms with Crippen LogP contribution in [0.3, 0.4) is 0 Å². The lowest BCUT2D eigenvalue weighted by Crippen LogP contribution is -1.99. The summed E-state index contributed by atoms with van der Waals surface area (Å²) in [5, 5.41) is 0. The average molecular weight is 181 g/mol. The van der Waals surface area contributed by atoms with Gasteiger partial charge in [-0.05, 0) is 25.0 Å². The van der Waals surface area contributed by atoms with E-state index in [2.05, 4.69) is 19.1 Å². The second-order valence-electron chi connectivity index (χ2n) is 3.56.